The van der Waals surface area contributed by atoms with Gasteiger partial charge in [-0.05, 0) is 52.9 Å². The van der Waals surface area contributed by atoms with Gasteiger partial charge in [0.1, 0.15) is 5.69 Å². The molecule has 4 nitrogen and oxygen atoms in total. The second kappa shape index (κ2) is 7.30. The molecule has 0 spiro atoms. The summed E-state index contributed by atoms with van der Waals surface area (Å²) in [5, 5.41) is 2.67. The number of nitrogens with one attached hydrogen (secondary N) is 1. The van der Waals surface area contributed by atoms with Crippen LogP contribution in [0.2, 0.25) is 0 Å². The van der Waals surface area contributed by atoms with Crippen LogP contribution in [0.5, 0.6) is 5.88 Å². The fourth-order valence-electron chi connectivity index (χ4n) is 1.50. The zero-order valence-corrected chi connectivity index (χ0v) is 12.9. The Labute approximate surface area is 133 Å². The minimum Gasteiger partial charge on any atom is -0.472 e. The molecule has 1 aromatic carbocycles. The number of ether oxygens (including phenoxy) is 1. The number of anilines is 1. The molecule has 0 radical (unpaired) electrons. The Morgan fingerprint density at radius 2 is 1.95 bits per heavy atom. The Bertz CT molecular complexity index is 621. The van der Waals surface area contributed by atoms with Gasteiger partial charge in [0.25, 0.3) is 12.3 Å². The highest BCUT2D eigenvalue weighted by Crippen LogP contribution is 2.14. The van der Waals surface area contributed by atoms with E-state index in [9.17, 15) is 13.6 Å². The van der Waals surface area contributed by atoms with Crippen molar-refractivity contribution in [3.63, 3.8) is 0 Å². The lowest BCUT2D eigenvalue weighted by Gasteiger charge is -2.07. The smallest absolute Gasteiger partial charge is 0.274 e. The largest absolute Gasteiger partial charge is 0.472 e. The summed E-state index contributed by atoms with van der Waals surface area (Å²) in [6.07, 6.45) is -2.59. The Hall–Kier alpha value is -1.77. The molecular formula is C14H11F2IN2O2. The highest BCUT2D eigenvalue weighted by molar-refractivity contribution is 14.1. The quantitative estimate of drug-likeness (QED) is 0.776. The van der Waals surface area contributed by atoms with Gasteiger partial charge in [0.15, 0.2) is 6.61 Å². The average molecular weight is 404 g/mol. The van der Waals surface area contributed by atoms with Crippen LogP contribution in [0, 0.1) is 3.57 Å². The first-order valence-electron chi connectivity index (χ1n) is 5.99. The van der Waals surface area contributed by atoms with Crippen molar-refractivity contribution in [2.75, 3.05) is 11.9 Å². The van der Waals surface area contributed by atoms with Gasteiger partial charge in [-0.2, -0.15) is 0 Å². The third-order valence-electron chi connectivity index (χ3n) is 2.42. The maximum absolute atomic E-state index is 12.1. The van der Waals surface area contributed by atoms with E-state index in [1.165, 1.54) is 18.2 Å². The number of halogens is 3. The lowest BCUT2D eigenvalue weighted by molar-refractivity contribution is 0.0794. The number of amides is 1. The molecule has 0 unspecified atom stereocenters. The number of aromatic nitrogens is 1. The molecule has 0 aliphatic rings. The van der Waals surface area contributed by atoms with Crippen LogP contribution in [-0.2, 0) is 0 Å². The molecule has 21 heavy (non-hydrogen) atoms. The number of nitrogens with zero attached hydrogens (tertiary/aromatic N) is 1. The predicted molar refractivity (Wildman–Crippen MR) is 82.8 cm³/mol. The molecule has 1 N–H and O–H groups in total. The molecule has 1 heterocycles. The lowest BCUT2D eigenvalue weighted by Crippen LogP contribution is -2.15. The second-order valence-electron chi connectivity index (χ2n) is 4.02. The molecule has 1 amide bonds. The van der Waals surface area contributed by atoms with Crippen molar-refractivity contribution in [2.45, 2.75) is 6.43 Å². The van der Waals surface area contributed by atoms with E-state index in [4.69, 9.17) is 4.74 Å². The Kier molecular flexibility index (Phi) is 5.43. The summed E-state index contributed by atoms with van der Waals surface area (Å²) in [5.74, 6) is -0.440. The van der Waals surface area contributed by atoms with Gasteiger partial charge in [-0.1, -0.05) is 6.07 Å². The van der Waals surface area contributed by atoms with Crippen LogP contribution in [0.15, 0.2) is 42.5 Å². The van der Waals surface area contributed by atoms with E-state index in [-0.39, 0.29) is 11.6 Å². The highest BCUT2D eigenvalue weighted by atomic mass is 127. The molecule has 7 heteroatoms. The van der Waals surface area contributed by atoms with Crippen LogP contribution < -0.4 is 10.1 Å². The Morgan fingerprint density at radius 1 is 1.24 bits per heavy atom. The monoisotopic (exact) mass is 404 g/mol. The second-order valence-corrected chi connectivity index (χ2v) is 5.27. The lowest BCUT2D eigenvalue weighted by atomic mass is 10.3. The molecule has 0 atom stereocenters. The number of carbonyl (C=O) groups excluding carboxylic acids is 1. The first-order chi connectivity index (χ1) is 10.0. The van der Waals surface area contributed by atoms with Crippen molar-refractivity contribution in [1.29, 1.82) is 0 Å². The van der Waals surface area contributed by atoms with E-state index in [0.29, 0.717) is 5.69 Å². The van der Waals surface area contributed by atoms with Crippen molar-refractivity contribution < 1.29 is 18.3 Å². The molecule has 110 valence electrons. The Balaban J connectivity index is 2.05. The topological polar surface area (TPSA) is 51.2 Å². The van der Waals surface area contributed by atoms with Crippen molar-refractivity contribution in [3.8, 4) is 5.88 Å². The molecule has 0 bridgehead atoms. The summed E-state index contributed by atoms with van der Waals surface area (Å²) in [6, 6.07) is 11.7. The molecule has 0 saturated carbocycles. The summed E-state index contributed by atoms with van der Waals surface area (Å²) < 4.78 is 30.0. The van der Waals surface area contributed by atoms with E-state index in [1.807, 2.05) is 12.1 Å². The van der Waals surface area contributed by atoms with Crippen molar-refractivity contribution in [2.24, 2.45) is 0 Å². The number of pyridine rings is 1. The van der Waals surface area contributed by atoms with Crippen molar-refractivity contribution in [1.82, 2.24) is 4.98 Å². The zero-order valence-electron chi connectivity index (χ0n) is 10.7. The van der Waals surface area contributed by atoms with Crippen LogP contribution in [0.1, 0.15) is 10.5 Å². The summed E-state index contributed by atoms with van der Waals surface area (Å²) in [5.41, 5.74) is 0.724. The first kappa shape index (κ1) is 15.6. The van der Waals surface area contributed by atoms with Gasteiger partial charge in [0.05, 0.1) is 0 Å². The predicted octanol–water partition coefficient (Wildman–Crippen LogP) is 3.58. The van der Waals surface area contributed by atoms with Crippen LogP contribution in [0.4, 0.5) is 14.5 Å². The third-order valence-corrected chi connectivity index (χ3v) is 3.13. The van der Waals surface area contributed by atoms with Crippen LogP contribution in [0.3, 0.4) is 0 Å². The fourth-order valence-corrected chi connectivity index (χ4v) is 1.86. The number of rotatable bonds is 5. The molecule has 0 aliphatic carbocycles. The minimum absolute atomic E-state index is 0.00874. The maximum Gasteiger partial charge on any atom is 0.274 e. The molecule has 2 aromatic rings. The fraction of sp³-hybridized carbons (Fsp3) is 0.143. The van der Waals surface area contributed by atoms with Gasteiger partial charge in [0.2, 0.25) is 5.88 Å². The Morgan fingerprint density at radius 3 is 2.62 bits per heavy atom. The molecule has 0 fully saturated rings. The van der Waals surface area contributed by atoms with Gasteiger partial charge in [-0.3, -0.25) is 4.79 Å². The first-order valence-corrected chi connectivity index (χ1v) is 7.07. The normalized spacial score (nSPS) is 10.5. The van der Waals surface area contributed by atoms with Gasteiger partial charge in [-0.25, -0.2) is 13.8 Å². The van der Waals surface area contributed by atoms with Crippen LogP contribution in [0.25, 0.3) is 0 Å². The maximum atomic E-state index is 12.1. The van der Waals surface area contributed by atoms with Crippen molar-refractivity contribution >= 4 is 34.2 Å². The number of alkyl halides is 2. The molecule has 0 saturated heterocycles. The number of benzene rings is 1. The van der Waals surface area contributed by atoms with E-state index in [1.54, 1.807) is 12.1 Å². The summed E-state index contributed by atoms with van der Waals surface area (Å²) in [4.78, 5) is 15.9. The summed E-state index contributed by atoms with van der Waals surface area (Å²) in [6.45, 7) is -0.755. The number of carbonyl (C=O) groups is 1. The summed E-state index contributed by atoms with van der Waals surface area (Å²) in [7, 11) is 0. The van der Waals surface area contributed by atoms with Gasteiger partial charge in [-0.15, -0.1) is 0 Å². The third kappa shape index (κ3) is 4.92. The highest BCUT2D eigenvalue weighted by Gasteiger charge is 2.10. The van der Waals surface area contributed by atoms with E-state index in [0.717, 1.165) is 3.57 Å². The molecular weight excluding hydrogens is 393 g/mol. The number of hydrogen-bond donors (Lipinski definition) is 1. The average Bonchev–Trinajstić information content (AvgIpc) is 2.48. The molecule has 1 aromatic heterocycles. The minimum atomic E-state index is -2.59. The van der Waals surface area contributed by atoms with E-state index >= 15 is 0 Å². The van der Waals surface area contributed by atoms with Crippen molar-refractivity contribution in [3.05, 3.63) is 51.7 Å². The van der Waals surface area contributed by atoms with Gasteiger partial charge < -0.3 is 10.1 Å². The number of hydrogen-bond acceptors (Lipinski definition) is 3. The van der Waals surface area contributed by atoms with Crippen LogP contribution >= 0.6 is 22.6 Å². The van der Waals surface area contributed by atoms with E-state index in [2.05, 4.69) is 32.9 Å². The van der Waals surface area contributed by atoms with Gasteiger partial charge >= 0.3 is 0 Å². The zero-order chi connectivity index (χ0) is 15.2. The standard InChI is InChI=1S/C14H11F2IN2O2/c15-12(16)8-21-13-3-1-2-11(19-13)14(20)18-10-6-4-9(17)5-7-10/h1-7,12H,8H2,(H,18,20). The molecule has 2 rings (SSSR count). The molecule has 0 aliphatic heterocycles. The van der Waals surface area contributed by atoms with Gasteiger partial charge in [0, 0.05) is 15.3 Å². The van der Waals surface area contributed by atoms with Crippen LogP contribution in [-0.4, -0.2) is 23.9 Å². The summed E-state index contributed by atoms with van der Waals surface area (Å²) >= 11 is 2.16. The SMILES string of the molecule is O=C(Nc1ccc(I)cc1)c1cccc(OCC(F)F)n1. The van der Waals surface area contributed by atoms with E-state index < -0.39 is 18.9 Å².